The number of halogens is 4. The maximum absolute atomic E-state index is 15.2. The predicted octanol–water partition coefficient (Wildman–Crippen LogP) is 1.38. The van der Waals surface area contributed by atoms with Gasteiger partial charge in [0.2, 0.25) is 11.1 Å². The molecule has 14 heteroatoms. The summed E-state index contributed by atoms with van der Waals surface area (Å²) in [7, 11) is 0. The van der Waals surface area contributed by atoms with Gasteiger partial charge in [0.25, 0.3) is 5.91 Å². The first-order valence-corrected chi connectivity index (χ1v) is 9.98. The Hall–Kier alpha value is -1.45. The summed E-state index contributed by atoms with van der Waals surface area (Å²) in [6.07, 6.45) is -1.91. The van der Waals surface area contributed by atoms with E-state index in [1.54, 1.807) is 11.4 Å². The number of alkyl halides is 1. The Balaban J connectivity index is 2.22. The van der Waals surface area contributed by atoms with Crippen LogP contribution in [0.15, 0.2) is 22.1 Å². The van der Waals surface area contributed by atoms with E-state index in [0.717, 1.165) is 22.8 Å². The highest BCUT2D eigenvalue weighted by molar-refractivity contribution is 9.10. The average molecular weight is 515 g/mol. The Morgan fingerprint density at radius 3 is 2.59 bits per heavy atom. The Labute approximate surface area is 179 Å². The zero-order valence-corrected chi connectivity index (χ0v) is 17.7. The van der Waals surface area contributed by atoms with Gasteiger partial charge in [-0.3, -0.25) is 0 Å². The lowest BCUT2D eigenvalue weighted by molar-refractivity contribution is -0.197. The van der Waals surface area contributed by atoms with Gasteiger partial charge >= 0.3 is 0 Å². The largest absolute Gasteiger partial charge is 0.360 e. The topological polar surface area (TPSA) is 149 Å². The molecule has 0 aliphatic rings. The van der Waals surface area contributed by atoms with Crippen LogP contribution in [0.5, 0.6) is 0 Å². The second kappa shape index (κ2) is 7.67. The molecule has 158 valence electrons. The van der Waals surface area contributed by atoms with Crippen molar-refractivity contribution in [1.29, 1.82) is 0 Å². The fraction of sp³-hybridized carbons (Fsp3) is 0.333. The number of nitrogens with one attached hydrogen (secondary N) is 1. The van der Waals surface area contributed by atoms with Crippen molar-refractivity contribution in [2.75, 3.05) is 5.32 Å². The van der Waals surface area contributed by atoms with E-state index in [0.29, 0.717) is 0 Å². The third-order valence-corrected chi connectivity index (χ3v) is 5.99. The number of anilines is 1. The van der Waals surface area contributed by atoms with Crippen molar-refractivity contribution in [2.45, 2.75) is 30.8 Å². The summed E-state index contributed by atoms with van der Waals surface area (Å²) in [4.78, 5) is 3.81. The van der Waals surface area contributed by atoms with Gasteiger partial charge in [0.15, 0.2) is 11.6 Å². The SMILES string of the molecule is CC(F)C(N)C(O)(O)c1c(F)c2c(NC(O)(O)c3cccs3)nc(Cl)nn2c1Br. The number of rotatable bonds is 6. The van der Waals surface area contributed by atoms with E-state index in [1.165, 1.54) is 6.07 Å². The van der Waals surface area contributed by atoms with Gasteiger partial charge in [0.05, 0.1) is 16.5 Å². The number of hydrogen-bond donors (Lipinski definition) is 6. The maximum Gasteiger partial charge on any atom is 0.283 e. The van der Waals surface area contributed by atoms with E-state index in [1.807, 2.05) is 0 Å². The molecule has 3 aromatic rings. The number of aromatic nitrogens is 3. The second-order valence-electron chi connectivity index (χ2n) is 6.17. The highest BCUT2D eigenvalue weighted by Crippen LogP contribution is 2.39. The van der Waals surface area contributed by atoms with Gasteiger partial charge < -0.3 is 31.5 Å². The van der Waals surface area contributed by atoms with E-state index in [-0.39, 0.29) is 9.48 Å². The van der Waals surface area contributed by atoms with Gasteiger partial charge in [-0.2, -0.15) is 4.98 Å². The molecule has 0 fully saturated rings. The second-order valence-corrected chi connectivity index (χ2v) is 8.21. The molecule has 0 amide bonds. The number of aliphatic hydroxyl groups is 4. The Kier molecular flexibility index (Phi) is 5.88. The summed E-state index contributed by atoms with van der Waals surface area (Å²) in [5, 5.41) is 48.4. The molecule has 0 radical (unpaired) electrons. The first kappa shape index (κ1) is 22.2. The monoisotopic (exact) mass is 513 g/mol. The lowest BCUT2D eigenvalue weighted by Gasteiger charge is -2.29. The van der Waals surface area contributed by atoms with Crippen molar-refractivity contribution in [3.05, 3.63) is 43.7 Å². The van der Waals surface area contributed by atoms with Crippen molar-refractivity contribution < 1.29 is 29.2 Å². The molecule has 3 rings (SSSR count). The molecule has 0 aliphatic heterocycles. The van der Waals surface area contributed by atoms with Gasteiger partial charge in [-0.15, -0.1) is 16.4 Å². The van der Waals surface area contributed by atoms with Crippen LogP contribution in [-0.4, -0.2) is 47.2 Å². The molecule has 3 aromatic heterocycles. The minimum Gasteiger partial charge on any atom is -0.360 e. The number of nitrogens with two attached hydrogens (primary N) is 1. The zero-order chi connectivity index (χ0) is 21.7. The quantitative estimate of drug-likeness (QED) is 0.270. The van der Waals surface area contributed by atoms with Crippen LogP contribution in [0.1, 0.15) is 17.4 Å². The van der Waals surface area contributed by atoms with Crippen molar-refractivity contribution in [3.63, 3.8) is 0 Å². The van der Waals surface area contributed by atoms with Crippen LogP contribution in [-0.2, 0) is 11.7 Å². The summed E-state index contributed by atoms with van der Waals surface area (Å²) in [6, 6.07) is 1.05. The van der Waals surface area contributed by atoms with Crippen LogP contribution in [0.3, 0.4) is 0 Å². The van der Waals surface area contributed by atoms with Gasteiger partial charge in [-0.25, -0.2) is 13.3 Å². The summed E-state index contributed by atoms with van der Waals surface area (Å²) in [6.45, 7) is 0.976. The molecule has 0 aromatic carbocycles. The minimum atomic E-state index is -3.14. The summed E-state index contributed by atoms with van der Waals surface area (Å²) < 4.78 is 29.3. The molecule has 2 unspecified atom stereocenters. The fourth-order valence-corrected chi connectivity index (χ4v) is 4.20. The Bertz CT molecular complexity index is 1050. The number of nitrogens with zero attached hydrogens (tertiary/aromatic N) is 3. The highest BCUT2D eigenvalue weighted by atomic mass is 79.9. The molecular weight excluding hydrogens is 500 g/mol. The Morgan fingerprint density at radius 2 is 2.03 bits per heavy atom. The standard InChI is InChI=1S/C15H15BrClF2N5O4S/c1-5(18)10(20)14(25,26)7-8(19)9-12(21-13(17)23-24(9)11(7)16)22-15(27,28)6-3-2-4-29-6/h2-5,10,25-28H,20H2,1H3,(H,21,22,23). The number of hydrogen-bond acceptors (Lipinski definition) is 9. The van der Waals surface area contributed by atoms with E-state index in [4.69, 9.17) is 17.3 Å². The van der Waals surface area contributed by atoms with Crippen molar-refractivity contribution in [1.82, 2.24) is 14.6 Å². The third-order valence-electron chi connectivity index (χ3n) is 4.13. The molecule has 29 heavy (non-hydrogen) atoms. The molecule has 7 N–H and O–H groups in total. The molecule has 0 spiro atoms. The molecule has 2 atom stereocenters. The normalized spacial score (nSPS) is 15.0. The van der Waals surface area contributed by atoms with Crippen LogP contribution in [0.4, 0.5) is 14.6 Å². The van der Waals surface area contributed by atoms with Crippen molar-refractivity contribution >= 4 is 50.2 Å². The van der Waals surface area contributed by atoms with Crippen LogP contribution < -0.4 is 11.1 Å². The third kappa shape index (κ3) is 3.84. The van der Waals surface area contributed by atoms with Crippen LogP contribution in [0.25, 0.3) is 5.52 Å². The smallest absolute Gasteiger partial charge is 0.283 e. The molecule has 0 bridgehead atoms. The molecule has 9 nitrogen and oxygen atoms in total. The van der Waals surface area contributed by atoms with Gasteiger partial charge in [0, 0.05) is 0 Å². The van der Waals surface area contributed by atoms with Crippen LogP contribution in [0, 0.1) is 5.82 Å². The lowest BCUT2D eigenvalue weighted by atomic mass is 9.97. The average Bonchev–Trinajstić information content (AvgIpc) is 3.22. The van der Waals surface area contributed by atoms with Crippen molar-refractivity contribution in [2.24, 2.45) is 5.73 Å². The minimum absolute atomic E-state index is 0.0589. The fourth-order valence-electron chi connectivity index (χ4n) is 2.65. The van der Waals surface area contributed by atoms with Gasteiger partial charge in [0.1, 0.15) is 16.3 Å². The molecule has 0 saturated carbocycles. The molecular formula is C15H15BrClF2N5O4S. The van der Waals surface area contributed by atoms with Crippen molar-refractivity contribution in [3.8, 4) is 0 Å². The summed E-state index contributed by atoms with van der Waals surface area (Å²) >= 11 is 9.81. The van der Waals surface area contributed by atoms with Crippen LogP contribution in [0.2, 0.25) is 5.28 Å². The molecule has 0 saturated heterocycles. The lowest BCUT2D eigenvalue weighted by Crippen LogP contribution is -2.50. The zero-order valence-electron chi connectivity index (χ0n) is 14.5. The van der Waals surface area contributed by atoms with E-state index in [9.17, 15) is 24.8 Å². The first-order valence-electron chi connectivity index (χ1n) is 7.93. The van der Waals surface area contributed by atoms with Gasteiger partial charge in [-0.05, 0) is 45.9 Å². The summed E-state index contributed by atoms with van der Waals surface area (Å²) in [5.74, 6) is -7.57. The Morgan fingerprint density at radius 1 is 1.38 bits per heavy atom. The molecule has 3 heterocycles. The predicted molar refractivity (Wildman–Crippen MR) is 104 cm³/mol. The van der Waals surface area contributed by atoms with E-state index in [2.05, 4.69) is 31.3 Å². The van der Waals surface area contributed by atoms with Gasteiger partial charge in [-0.1, -0.05) is 6.07 Å². The van der Waals surface area contributed by atoms with E-state index >= 15 is 4.39 Å². The van der Waals surface area contributed by atoms with Crippen LogP contribution >= 0.6 is 38.9 Å². The maximum atomic E-state index is 15.2. The number of thiophene rings is 1. The van der Waals surface area contributed by atoms with E-state index < -0.39 is 51.9 Å². The first-order chi connectivity index (χ1) is 13.4. The summed E-state index contributed by atoms with van der Waals surface area (Å²) in [5.41, 5.74) is 4.14. The highest BCUT2D eigenvalue weighted by Gasteiger charge is 2.44. The number of fused-ring (bicyclic) bond motifs is 1. The molecule has 0 aliphatic carbocycles.